The Morgan fingerprint density at radius 1 is 1.50 bits per heavy atom. The maximum Gasteiger partial charge on any atom is 0.0602 e. The number of nitrogens with zero attached hydrogens (tertiary/aromatic N) is 2. The highest BCUT2D eigenvalue weighted by atomic mass is 15.1. The Bertz CT molecular complexity index is 373. The number of aromatic nitrogens is 1. The summed E-state index contributed by atoms with van der Waals surface area (Å²) in [7, 11) is 0. The summed E-state index contributed by atoms with van der Waals surface area (Å²) in [5, 5.41) is 0. The van der Waals surface area contributed by atoms with E-state index in [1.54, 1.807) is 6.20 Å². The lowest BCUT2D eigenvalue weighted by atomic mass is 10.3. The summed E-state index contributed by atoms with van der Waals surface area (Å²) in [5.41, 5.74) is 7.33. The number of rotatable bonds is 5. The smallest absolute Gasteiger partial charge is 0.0602 e. The van der Waals surface area contributed by atoms with Crippen LogP contribution >= 0.6 is 0 Å². The lowest BCUT2D eigenvalue weighted by molar-refractivity contribution is 0.283. The van der Waals surface area contributed by atoms with Crippen molar-refractivity contribution in [2.24, 2.45) is 5.92 Å². The van der Waals surface area contributed by atoms with Gasteiger partial charge in [-0.1, -0.05) is 5.92 Å². The van der Waals surface area contributed by atoms with Crippen LogP contribution in [-0.2, 0) is 6.54 Å². The summed E-state index contributed by atoms with van der Waals surface area (Å²) < 4.78 is 0. The number of hydrogen-bond acceptors (Lipinski definition) is 3. The fourth-order valence-electron chi connectivity index (χ4n) is 1.74. The maximum absolute atomic E-state index is 5.60. The largest absolute Gasteiger partial charge is 0.397 e. The van der Waals surface area contributed by atoms with E-state index in [4.69, 9.17) is 12.2 Å². The molecule has 1 aliphatic rings. The molecule has 2 rings (SSSR count). The van der Waals surface area contributed by atoms with Crippen molar-refractivity contribution in [3.05, 3.63) is 24.0 Å². The fraction of sp³-hybridized carbons (Fsp3) is 0.462. The molecule has 0 radical (unpaired) electrons. The van der Waals surface area contributed by atoms with Crippen molar-refractivity contribution in [1.82, 2.24) is 9.88 Å². The van der Waals surface area contributed by atoms with Gasteiger partial charge < -0.3 is 5.73 Å². The Kier molecular flexibility index (Phi) is 3.43. The molecule has 1 aromatic rings. The zero-order valence-corrected chi connectivity index (χ0v) is 9.39. The lowest BCUT2D eigenvalue weighted by Crippen LogP contribution is -2.26. The van der Waals surface area contributed by atoms with E-state index in [0.29, 0.717) is 12.2 Å². The van der Waals surface area contributed by atoms with Crippen LogP contribution in [-0.4, -0.2) is 23.0 Å². The third-order valence-corrected chi connectivity index (χ3v) is 2.76. The molecule has 0 bridgehead atoms. The van der Waals surface area contributed by atoms with Crippen molar-refractivity contribution in [2.75, 3.05) is 18.8 Å². The first-order chi connectivity index (χ1) is 7.78. The van der Waals surface area contributed by atoms with E-state index in [0.717, 1.165) is 24.7 Å². The van der Waals surface area contributed by atoms with Crippen LogP contribution in [0.25, 0.3) is 0 Å². The average Bonchev–Trinajstić information content (AvgIpc) is 3.06. The number of nitrogen functional groups attached to an aromatic ring is 1. The number of anilines is 1. The quantitative estimate of drug-likeness (QED) is 0.757. The third kappa shape index (κ3) is 3.25. The van der Waals surface area contributed by atoms with Crippen molar-refractivity contribution >= 4 is 5.69 Å². The molecule has 0 spiro atoms. The van der Waals surface area contributed by atoms with E-state index in [-0.39, 0.29) is 0 Å². The summed E-state index contributed by atoms with van der Waals surface area (Å²) in [4.78, 5) is 6.57. The summed E-state index contributed by atoms with van der Waals surface area (Å²) in [6, 6.07) is 3.85. The van der Waals surface area contributed by atoms with Gasteiger partial charge in [0.1, 0.15) is 0 Å². The molecular formula is C13H17N3. The molecule has 0 aromatic carbocycles. The Hall–Kier alpha value is -1.53. The van der Waals surface area contributed by atoms with E-state index in [1.807, 2.05) is 12.1 Å². The summed E-state index contributed by atoms with van der Waals surface area (Å²) in [6.45, 7) is 2.61. The van der Waals surface area contributed by atoms with E-state index in [1.165, 1.54) is 12.8 Å². The van der Waals surface area contributed by atoms with Gasteiger partial charge in [-0.25, -0.2) is 0 Å². The molecule has 0 saturated heterocycles. The highest BCUT2D eigenvalue weighted by molar-refractivity contribution is 5.34. The predicted molar refractivity (Wildman–Crippen MR) is 65.5 cm³/mol. The van der Waals surface area contributed by atoms with Gasteiger partial charge >= 0.3 is 0 Å². The number of hydrogen-bond donors (Lipinski definition) is 1. The van der Waals surface area contributed by atoms with Gasteiger partial charge in [0, 0.05) is 13.1 Å². The zero-order valence-electron chi connectivity index (χ0n) is 9.39. The molecular weight excluding hydrogens is 198 g/mol. The van der Waals surface area contributed by atoms with Crippen molar-refractivity contribution in [3.8, 4) is 12.3 Å². The summed E-state index contributed by atoms with van der Waals surface area (Å²) >= 11 is 0. The molecule has 16 heavy (non-hydrogen) atoms. The topological polar surface area (TPSA) is 42.1 Å². The van der Waals surface area contributed by atoms with E-state index >= 15 is 0 Å². The second-order valence-corrected chi connectivity index (χ2v) is 4.40. The van der Waals surface area contributed by atoms with Crippen LogP contribution in [0, 0.1) is 18.3 Å². The molecule has 1 saturated carbocycles. The van der Waals surface area contributed by atoms with Crippen molar-refractivity contribution in [1.29, 1.82) is 0 Å². The molecule has 0 unspecified atom stereocenters. The summed E-state index contributed by atoms with van der Waals surface area (Å²) in [5.74, 6) is 3.56. The third-order valence-electron chi connectivity index (χ3n) is 2.76. The SMILES string of the molecule is C#CCN(Cc1ccc(N)cn1)CC1CC1. The number of pyridine rings is 1. The van der Waals surface area contributed by atoms with Gasteiger partial charge in [0.2, 0.25) is 0 Å². The molecule has 2 N–H and O–H groups in total. The van der Waals surface area contributed by atoms with Crippen LogP contribution in [0.3, 0.4) is 0 Å². The van der Waals surface area contributed by atoms with Crippen LogP contribution in [0.2, 0.25) is 0 Å². The summed E-state index contributed by atoms with van der Waals surface area (Å²) in [6.07, 6.45) is 9.75. The van der Waals surface area contributed by atoms with Crippen LogP contribution in [0.4, 0.5) is 5.69 Å². The standard InChI is InChI=1S/C13H17N3/c1-2-7-16(9-11-3-4-11)10-13-6-5-12(14)8-15-13/h1,5-6,8,11H,3-4,7,9-10,14H2. The normalized spacial score (nSPS) is 15.0. The van der Waals surface area contributed by atoms with E-state index < -0.39 is 0 Å². The van der Waals surface area contributed by atoms with Gasteiger partial charge in [0.05, 0.1) is 24.1 Å². The second-order valence-electron chi connectivity index (χ2n) is 4.40. The van der Waals surface area contributed by atoms with E-state index in [9.17, 15) is 0 Å². The molecule has 3 heteroatoms. The van der Waals surface area contributed by atoms with Gasteiger partial charge in [-0.05, 0) is 30.9 Å². The van der Waals surface area contributed by atoms with Crippen LogP contribution in [0.1, 0.15) is 18.5 Å². The van der Waals surface area contributed by atoms with Crippen molar-refractivity contribution in [3.63, 3.8) is 0 Å². The highest BCUT2D eigenvalue weighted by Gasteiger charge is 2.24. The minimum atomic E-state index is 0.697. The monoisotopic (exact) mass is 215 g/mol. The first kappa shape index (κ1) is 11.0. The first-order valence-electron chi connectivity index (χ1n) is 5.64. The Morgan fingerprint density at radius 2 is 2.31 bits per heavy atom. The van der Waals surface area contributed by atoms with Gasteiger partial charge in [0.25, 0.3) is 0 Å². The van der Waals surface area contributed by atoms with Gasteiger partial charge in [-0.2, -0.15) is 0 Å². The van der Waals surface area contributed by atoms with Crippen LogP contribution < -0.4 is 5.73 Å². The Balaban J connectivity index is 1.93. The van der Waals surface area contributed by atoms with E-state index in [2.05, 4.69) is 15.8 Å². The predicted octanol–water partition coefficient (Wildman–Crippen LogP) is 1.51. The number of nitrogens with two attached hydrogens (primary N) is 1. The van der Waals surface area contributed by atoms with Crippen LogP contribution in [0.15, 0.2) is 18.3 Å². The average molecular weight is 215 g/mol. The molecule has 0 aliphatic heterocycles. The maximum atomic E-state index is 5.60. The molecule has 1 fully saturated rings. The minimum absolute atomic E-state index is 0.697. The minimum Gasteiger partial charge on any atom is -0.397 e. The van der Waals surface area contributed by atoms with Crippen LogP contribution in [0.5, 0.6) is 0 Å². The first-order valence-corrected chi connectivity index (χ1v) is 5.64. The van der Waals surface area contributed by atoms with Gasteiger partial charge in [0.15, 0.2) is 0 Å². The van der Waals surface area contributed by atoms with Crippen molar-refractivity contribution < 1.29 is 0 Å². The fourth-order valence-corrected chi connectivity index (χ4v) is 1.74. The molecule has 84 valence electrons. The second kappa shape index (κ2) is 5.00. The Labute approximate surface area is 96.7 Å². The zero-order chi connectivity index (χ0) is 11.4. The highest BCUT2D eigenvalue weighted by Crippen LogP contribution is 2.29. The van der Waals surface area contributed by atoms with Gasteiger partial charge in [-0.15, -0.1) is 6.42 Å². The van der Waals surface area contributed by atoms with Gasteiger partial charge in [-0.3, -0.25) is 9.88 Å². The molecule has 0 atom stereocenters. The molecule has 1 aromatic heterocycles. The molecule has 3 nitrogen and oxygen atoms in total. The molecule has 0 amide bonds. The van der Waals surface area contributed by atoms with Crippen molar-refractivity contribution in [2.45, 2.75) is 19.4 Å². The molecule has 1 heterocycles. The lowest BCUT2D eigenvalue weighted by Gasteiger charge is -2.18. The Morgan fingerprint density at radius 3 is 2.88 bits per heavy atom. The molecule has 1 aliphatic carbocycles. The number of terminal acetylenes is 1.